The van der Waals surface area contributed by atoms with Gasteiger partial charge in [-0.1, -0.05) is 38.1 Å². The molecular weight excluding hydrogens is 338 g/mol. The zero-order valence-electron chi connectivity index (χ0n) is 15.6. The summed E-state index contributed by atoms with van der Waals surface area (Å²) in [5.74, 6) is 1.50. The van der Waals surface area contributed by atoms with Gasteiger partial charge in [0.05, 0.1) is 4.70 Å². The minimum Gasteiger partial charge on any atom is -0.365 e. The monoisotopic (exact) mass is 361 g/mol. The van der Waals surface area contributed by atoms with E-state index in [0.717, 1.165) is 22.9 Å². The van der Waals surface area contributed by atoms with Crippen LogP contribution in [0.15, 0.2) is 42.6 Å². The van der Waals surface area contributed by atoms with E-state index in [-0.39, 0.29) is 0 Å². The Labute approximate surface area is 158 Å². The van der Waals surface area contributed by atoms with E-state index in [1.807, 2.05) is 6.20 Å². The molecule has 0 radical (unpaired) electrons. The molecule has 0 amide bonds. The summed E-state index contributed by atoms with van der Waals surface area (Å²) >= 11 is 1.72. The number of benzene rings is 1. The first-order chi connectivity index (χ1) is 12.5. The first-order valence-corrected chi connectivity index (χ1v) is 9.82. The highest BCUT2D eigenvalue weighted by Crippen LogP contribution is 2.38. The Bertz CT molecular complexity index is 1080. The number of hydrogen-bond acceptors (Lipinski definition) is 4. The van der Waals surface area contributed by atoms with Crippen molar-refractivity contribution >= 4 is 37.5 Å². The van der Waals surface area contributed by atoms with E-state index in [1.54, 1.807) is 11.3 Å². The Morgan fingerprint density at radius 2 is 1.85 bits per heavy atom. The molecule has 0 aliphatic heterocycles. The van der Waals surface area contributed by atoms with Crippen LogP contribution in [-0.2, 0) is 6.54 Å². The molecule has 132 valence electrons. The van der Waals surface area contributed by atoms with Crippen molar-refractivity contribution in [2.24, 2.45) is 0 Å². The Morgan fingerprint density at radius 3 is 2.58 bits per heavy atom. The van der Waals surface area contributed by atoms with E-state index in [9.17, 15) is 0 Å². The summed E-state index contributed by atoms with van der Waals surface area (Å²) in [4.78, 5) is 10.4. The van der Waals surface area contributed by atoms with Crippen molar-refractivity contribution in [2.75, 3.05) is 5.32 Å². The third-order valence-electron chi connectivity index (χ3n) is 4.79. The third kappa shape index (κ3) is 3.06. The van der Waals surface area contributed by atoms with Gasteiger partial charge in [-0.15, -0.1) is 11.3 Å². The number of hydrogen-bond donors (Lipinski definition) is 1. The normalized spacial score (nSPS) is 11.6. The molecule has 0 spiro atoms. The van der Waals surface area contributed by atoms with Crippen LogP contribution in [0.4, 0.5) is 5.82 Å². The van der Waals surface area contributed by atoms with E-state index < -0.39 is 0 Å². The van der Waals surface area contributed by atoms with Crippen LogP contribution in [0.5, 0.6) is 0 Å². The van der Waals surface area contributed by atoms with Gasteiger partial charge in [-0.3, -0.25) is 0 Å². The summed E-state index contributed by atoms with van der Waals surface area (Å²) < 4.78 is 1.18. The van der Waals surface area contributed by atoms with Gasteiger partial charge in [-0.25, -0.2) is 9.97 Å². The second-order valence-electron chi connectivity index (χ2n) is 7.15. The van der Waals surface area contributed by atoms with Gasteiger partial charge >= 0.3 is 0 Å². The molecule has 0 aliphatic rings. The van der Waals surface area contributed by atoms with Gasteiger partial charge in [0.25, 0.3) is 0 Å². The van der Waals surface area contributed by atoms with Crippen LogP contribution in [-0.4, -0.2) is 9.97 Å². The lowest BCUT2D eigenvalue weighted by atomic mass is 10.0. The lowest BCUT2D eigenvalue weighted by Gasteiger charge is -2.09. The molecule has 1 aromatic carbocycles. The molecule has 4 rings (SSSR count). The first kappa shape index (κ1) is 17.0. The van der Waals surface area contributed by atoms with Gasteiger partial charge in [0.2, 0.25) is 0 Å². The van der Waals surface area contributed by atoms with Crippen molar-refractivity contribution in [2.45, 2.75) is 40.2 Å². The SMILES string of the molecule is Cc1cc(C)c2c(n1)sc1c(NCc3ccc(C(C)C)cc3)nccc12. The summed E-state index contributed by atoms with van der Waals surface area (Å²) in [6, 6.07) is 13.1. The van der Waals surface area contributed by atoms with Gasteiger partial charge < -0.3 is 5.32 Å². The number of pyridine rings is 2. The number of aryl methyl sites for hydroxylation is 2. The lowest BCUT2D eigenvalue weighted by Crippen LogP contribution is -2.01. The maximum Gasteiger partial charge on any atom is 0.144 e. The molecule has 3 aromatic heterocycles. The number of anilines is 1. The van der Waals surface area contributed by atoms with Gasteiger partial charge in [-0.2, -0.15) is 0 Å². The van der Waals surface area contributed by atoms with Crippen molar-refractivity contribution in [1.82, 2.24) is 9.97 Å². The van der Waals surface area contributed by atoms with Gasteiger partial charge in [0.1, 0.15) is 10.6 Å². The predicted molar refractivity (Wildman–Crippen MR) is 112 cm³/mol. The van der Waals surface area contributed by atoms with Crippen molar-refractivity contribution in [3.63, 3.8) is 0 Å². The Balaban J connectivity index is 1.67. The average Bonchev–Trinajstić information content (AvgIpc) is 2.99. The van der Waals surface area contributed by atoms with Crippen LogP contribution in [0.3, 0.4) is 0 Å². The molecule has 0 bridgehead atoms. The van der Waals surface area contributed by atoms with Crippen LogP contribution < -0.4 is 5.32 Å². The summed E-state index contributed by atoms with van der Waals surface area (Å²) in [6.45, 7) is 9.42. The molecule has 0 saturated heterocycles. The zero-order valence-corrected chi connectivity index (χ0v) is 16.4. The van der Waals surface area contributed by atoms with E-state index in [1.165, 1.54) is 32.2 Å². The van der Waals surface area contributed by atoms with Crippen molar-refractivity contribution in [3.8, 4) is 0 Å². The first-order valence-electron chi connectivity index (χ1n) is 9.01. The summed E-state index contributed by atoms with van der Waals surface area (Å²) in [5, 5.41) is 6.01. The standard InChI is InChI=1S/C22H23N3S/c1-13(2)17-7-5-16(6-8-17)12-24-21-20-18(9-10-23-21)19-14(3)11-15(4)25-22(19)26-20/h5-11,13H,12H2,1-4H3,(H,23,24). The smallest absolute Gasteiger partial charge is 0.144 e. The minimum absolute atomic E-state index is 0.560. The second kappa shape index (κ2) is 6.69. The highest BCUT2D eigenvalue weighted by molar-refractivity contribution is 7.26. The highest BCUT2D eigenvalue weighted by atomic mass is 32.1. The fraction of sp³-hybridized carbons (Fsp3) is 0.273. The topological polar surface area (TPSA) is 37.8 Å². The maximum absolute atomic E-state index is 4.72. The molecule has 0 fully saturated rings. The molecule has 3 heterocycles. The number of rotatable bonds is 4. The molecule has 26 heavy (non-hydrogen) atoms. The summed E-state index contributed by atoms with van der Waals surface area (Å²) in [6.07, 6.45) is 1.89. The predicted octanol–water partition coefficient (Wildman–Crippen LogP) is 6.20. The molecule has 1 N–H and O–H groups in total. The molecule has 0 atom stereocenters. The highest BCUT2D eigenvalue weighted by Gasteiger charge is 2.13. The van der Waals surface area contributed by atoms with Crippen molar-refractivity contribution in [3.05, 3.63) is 65.0 Å². The van der Waals surface area contributed by atoms with Crippen LogP contribution in [0.2, 0.25) is 0 Å². The zero-order chi connectivity index (χ0) is 18.3. The van der Waals surface area contributed by atoms with Crippen LogP contribution in [0.25, 0.3) is 20.3 Å². The lowest BCUT2D eigenvalue weighted by molar-refractivity contribution is 0.865. The molecule has 0 unspecified atom stereocenters. The second-order valence-corrected chi connectivity index (χ2v) is 8.15. The quantitative estimate of drug-likeness (QED) is 0.470. The molecule has 0 aliphatic carbocycles. The molecule has 4 aromatic rings. The van der Waals surface area contributed by atoms with Crippen molar-refractivity contribution in [1.29, 1.82) is 0 Å². The third-order valence-corrected chi connectivity index (χ3v) is 5.90. The number of thiophene rings is 1. The van der Waals surface area contributed by atoms with Crippen LogP contribution >= 0.6 is 11.3 Å². The van der Waals surface area contributed by atoms with E-state index >= 15 is 0 Å². The minimum atomic E-state index is 0.560. The Hall–Kier alpha value is -2.46. The molecule has 3 nitrogen and oxygen atoms in total. The largest absolute Gasteiger partial charge is 0.365 e. The fourth-order valence-electron chi connectivity index (χ4n) is 3.38. The van der Waals surface area contributed by atoms with Crippen LogP contribution in [0.1, 0.15) is 42.1 Å². The van der Waals surface area contributed by atoms with E-state index in [4.69, 9.17) is 4.98 Å². The Morgan fingerprint density at radius 1 is 1.08 bits per heavy atom. The maximum atomic E-state index is 4.72. The van der Waals surface area contributed by atoms with E-state index in [0.29, 0.717) is 5.92 Å². The van der Waals surface area contributed by atoms with E-state index in [2.05, 4.69) is 74.4 Å². The molecule has 0 saturated carbocycles. The average molecular weight is 362 g/mol. The number of aromatic nitrogens is 2. The van der Waals surface area contributed by atoms with Crippen LogP contribution in [0, 0.1) is 13.8 Å². The molecular formula is C22H23N3S. The Kier molecular flexibility index (Phi) is 4.37. The fourth-order valence-corrected chi connectivity index (χ4v) is 4.64. The number of nitrogens with one attached hydrogen (secondary N) is 1. The summed E-state index contributed by atoms with van der Waals surface area (Å²) in [5.41, 5.74) is 4.98. The van der Waals surface area contributed by atoms with Gasteiger partial charge in [-0.05, 0) is 48.6 Å². The number of fused-ring (bicyclic) bond motifs is 3. The number of nitrogens with zero attached hydrogens (tertiary/aromatic N) is 2. The van der Waals surface area contributed by atoms with Gasteiger partial charge in [0, 0.05) is 29.2 Å². The summed E-state index contributed by atoms with van der Waals surface area (Å²) in [7, 11) is 0. The van der Waals surface area contributed by atoms with Crippen molar-refractivity contribution < 1.29 is 0 Å². The van der Waals surface area contributed by atoms with Gasteiger partial charge in [0.15, 0.2) is 0 Å². The molecule has 4 heteroatoms.